The molecule has 0 aliphatic carbocycles. The van der Waals surface area contributed by atoms with Gasteiger partial charge in [-0.05, 0) is 48.7 Å². The smallest absolute Gasteiger partial charge is 0.254 e. The van der Waals surface area contributed by atoms with Crippen LogP contribution in [0.3, 0.4) is 0 Å². The second kappa shape index (κ2) is 9.20. The fourth-order valence-corrected chi connectivity index (χ4v) is 3.97. The van der Waals surface area contributed by atoms with Gasteiger partial charge in [0.2, 0.25) is 0 Å². The first-order chi connectivity index (χ1) is 15.0. The monoisotopic (exact) mass is 422 g/mol. The number of rotatable bonds is 5. The number of nitrogens with zero attached hydrogens (tertiary/aromatic N) is 3. The third-order valence-electron chi connectivity index (χ3n) is 5.68. The molecule has 1 aromatic carbocycles. The van der Waals surface area contributed by atoms with Crippen LogP contribution < -0.4 is 5.32 Å². The van der Waals surface area contributed by atoms with Crippen LogP contribution >= 0.6 is 0 Å². The molecule has 0 bridgehead atoms. The van der Waals surface area contributed by atoms with Crippen molar-refractivity contribution in [2.24, 2.45) is 0 Å². The van der Waals surface area contributed by atoms with Crippen molar-refractivity contribution in [2.45, 2.75) is 25.2 Å². The van der Waals surface area contributed by atoms with Gasteiger partial charge in [0.1, 0.15) is 17.5 Å². The standard InChI is InChI=1S/C24H24F2N4O/c1-27-23-13-17(9-10-28-23)24(31)30-11-3-4-18(15-30)22-8-7-16(14-29-22)12-19-20(25)5-2-6-21(19)26/h2,5-10,13-14,18H,3-4,11-12,15H2,1H3,(H,27,28)/t18-/m1/s1. The van der Waals surface area contributed by atoms with Crippen LogP contribution in [0.4, 0.5) is 14.6 Å². The van der Waals surface area contributed by atoms with E-state index in [1.54, 1.807) is 31.6 Å². The van der Waals surface area contributed by atoms with Crippen LogP contribution in [0.5, 0.6) is 0 Å². The third-order valence-corrected chi connectivity index (χ3v) is 5.68. The van der Waals surface area contributed by atoms with Crippen LogP contribution in [0.2, 0.25) is 0 Å². The first kappa shape index (κ1) is 20.9. The molecule has 1 aliphatic heterocycles. The van der Waals surface area contributed by atoms with E-state index in [0.717, 1.165) is 24.1 Å². The molecule has 1 N–H and O–H groups in total. The molecular weight excluding hydrogens is 398 g/mol. The molecule has 3 aromatic rings. The summed E-state index contributed by atoms with van der Waals surface area (Å²) in [7, 11) is 1.77. The van der Waals surface area contributed by atoms with E-state index in [0.29, 0.717) is 24.5 Å². The number of amides is 1. The van der Waals surface area contributed by atoms with Gasteiger partial charge in [-0.2, -0.15) is 0 Å². The summed E-state index contributed by atoms with van der Waals surface area (Å²) < 4.78 is 27.8. The minimum Gasteiger partial charge on any atom is -0.373 e. The lowest BCUT2D eigenvalue weighted by molar-refractivity contribution is 0.0706. The van der Waals surface area contributed by atoms with Gasteiger partial charge in [0.05, 0.1) is 0 Å². The summed E-state index contributed by atoms with van der Waals surface area (Å²) in [6.07, 6.45) is 5.28. The van der Waals surface area contributed by atoms with Gasteiger partial charge in [-0.3, -0.25) is 9.78 Å². The van der Waals surface area contributed by atoms with Crippen molar-refractivity contribution >= 4 is 11.7 Å². The van der Waals surface area contributed by atoms with E-state index in [1.165, 1.54) is 18.2 Å². The van der Waals surface area contributed by atoms with Gasteiger partial charge >= 0.3 is 0 Å². The number of carbonyl (C=O) groups is 1. The summed E-state index contributed by atoms with van der Waals surface area (Å²) in [5.41, 5.74) is 2.29. The Hall–Kier alpha value is -3.35. The minimum atomic E-state index is -0.553. The molecule has 160 valence electrons. The zero-order valence-corrected chi connectivity index (χ0v) is 17.3. The van der Waals surface area contributed by atoms with Gasteiger partial charge in [-0.15, -0.1) is 0 Å². The zero-order chi connectivity index (χ0) is 21.8. The quantitative estimate of drug-likeness (QED) is 0.662. The van der Waals surface area contributed by atoms with E-state index < -0.39 is 11.6 Å². The number of anilines is 1. The molecule has 1 aliphatic rings. The molecule has 5 nitrogen and oxygen atoms in total. The SMILES string of the molecule is CNc1cc(C(=O)N2CCC[C@@H](c3ccc(Cc4c(F)cccc4F)cn3)C2)ccn1. The van der Waals surface area contributed by atoms with E-state index in [2.05, 4.69) is 15.3 Å². The number of hydrogen-bond donors (Lipinski definition) is 1. The molecule has 0 spiro atoms. The molecule has 31 heavy (non-hydrogen) atoms. The first-order valence-corrected chi connectivity index (χ1v) is 10.4. The Morgan fingerprint density at radius 1 is 1.16 bits per heavy atom. The Balaban J connectivity index is 1.45. The van der Waals surface area contributed by atoms with E-state index in [4.69, 9.17) is 0 Å². The first-order valence-electron chi connectivity index (χ1n) is 10.4. The van der Waals surface area contributed by atoms with E-state index >= 15 is 0 Å². The molecule has 1 fully saturated rings. The summed E-state index contributed by atoms with van der Waals surface area (Å²) in [6.45, 7) is 1.29. The highest BCUT2D eigenvalue weighted by atomic mass is 19.1. The summed E-state index contributed by atoms with van der Waals surface area (Å²) in [5, 5.41) is 2.95. The second-order valence-corrected chi connectivity index (χ2v) is 7.74. The number of nitrogens with one attached hydrogen (secondary N) is 1. The molecular formula is C24H24F2N4O. The molecule has 4 rings (SSSR count). The van der Waals surface area contributed by atoms with Crippen molar-refractivity contribution in [1.82, 2.24) is 14.9 Å². The average molecular weight is 422 g/mol. The molecule has 1 amide bonds. The van der Waals surface area contributed by atoms with Gasteiger partial charge in [-0.1, -0.05) is 12.1 Å². The predicted molar refractivity (Wildman–Crippen MR) is 115 cm³/mol. The van der Waals surface area contributed by atoms with Crippen molar-refractivity contribution in [3.05, 3.63) is 88.9 Å². The van der Waals surface area contributed by atoms with Gasteiger partial charge < -0.3 is 10.2 Å². The Morgan fingerprint density at radius 3 is 2.68 bits per heavy atom. The maximum atomic E-state index is 13.9. The second-order valence-electron chi connectivity index (χ2n) is 7.74. The lowest BCUT2D eigenvalue weighted by Crippen LogP contribution is -2.39. The fraction of sp³-hybridized carbons (Fsp3) is 0.292. The van der Waals surface area contributed by atoms with E-state index in [1.807, 2.05) is 17.0 Å². The average Bonchev–Trinajstić information content (AvgIpc) is 2.81. The highest BCUT2D eigenvalue weighted by Crippen LogP contribution is 2.27. The van der Waals surface area contributed by atoms with Crippen LogP contribution in [-0.2, 0) is 6.42 Å². The van der Waals surface area contributed by atoms with E-state index in [9.17, 15) is 13.6 Å². The van der Waals surface area contributed by atoms with Crippen LogP contribution in [0.15, 0.2) is 54.9 Å². The molecule has 1 saturated heterocycles. The zero-order valence-electron chi connectivity index (χ0n) is 17.3. The number of pyridine rings is 2. The minimum absolute atomic E-state index is 0.0183. The summed E-state index contributed by atoms with van der Waals surface area (Å²) in [4.78, 5) is 23.5. The van der Waals surface area contributed by atoms with Gasteiger partial charge in [0.15, 0.2) is 0 Å². The Morgan fingerprint density at radius 2 is 1.97 bits per heavy atom. The van der Waals surface area contributed by atoms with Crippen LogP contribution in [0, 0.1) is 11.6 Å². The largest absolute Gasteiger partial charge is 0.373 e. The number of carbonyl (C=O) groups excluding carboxylic acids is 1. The Bertz CT molecular complexity index is 1050. The van der Waals surface area contributed by atoms with Crippen molar-refractivity contribution in [3.8, 4) is 0 Å². The fourth-order valence-electron chi connectivity index (χ4n) is 3.97. The maximum Gasteiger partial charge on any atom is 0.254 e. The summed E-state index contributed by atoms with van der Waals surface area (Å²) >= 11 is 0. The van der Waals surface area contributed by atoms with Gasteiger partial charge in [0, 0.05) is 61.7 Å². The van der Waals surface area contributed by atoms with Crippen molar-refractivity contribution < 1.29 is 13.6 Å². The van der Waals surface area contributed by atoms with Crippen LogP contribution in [0.1, 0.15) is 45.9 Å². The predicted octanol–water partition coefficient (Wildman–Crippen LogP) is 4.41. The molecule has 0 saturated carbocycles. The normalized spacial score (nSPS) is 16.2. The van der Waals surface area contributed by atoms with Crippen molar-refractivity contribution in [2.75, 3.05) is 25.5 Å². The van der Waals surface area contributed by atoms with Crippen LogP contribution in [-0.4, -0.2) is 40.9 Å². The Kier molecular flexibility index (Phi) is 6.21. The molecule has 0 radical (unpaired) electrons. The number of halogens is 2. The highest BCUT2D eigenvalue weighted by Gasteiger charge is 2.26. The molecule has 2 aromatic heterocycles. The number of likely N-dealkylation sites (tertiary alicyclic amines) is 1. The van der Waals surface area contributed by atoms with Crippen LogP contribution in [0.25, 0.3) is 0 Å². The van der Waals surface area contributed by atoms with Gasteiger partial charge in [0.25, 0.3) is 5.91 Å². The molecule has 7 heteroatoms. The molecule has 0 unspecified atom stereocenters. The van der Waals surface area contributed by atoms with Crippen molar-refractivity contribution in [1.29, 1.82) is 0 Å². The topological polar surface area (TPSA) is 58.1 Å². The number of piperidine rings is 1. The maximum absolute atomic E-state index is 13.9. The molecule has 3 heterocycles. The third kappa shape index (κ3) is 4.71. The number of hydrogen-bond acceptors (Lipinski definition) is 4. The Labute approximate surface area is 180 Å². The van der Waals surface area contributed by atoms with Gasteiger partial charge in [-0.25, -0.2) is 13.8 Å². The van der Waals surface area contributed by atoms with E-state index in [-0.39, 0.29) is 23.8 Å². The van der Waals surface area contributed by atoms with Crippen molar-refractivity contribution in [3.63, 3.8) is 0 Å². The summed E-state index contributed by atoms with van der Waals surface area (Å²) in [5.74, 6) is -0.341. The number of aromatic nitrogens is 2. The number of benzene rings is 1. The highest BCUT2D eigenvalue weighted by molar-refractivity contribution is 5.95. The molecule has 1 atom stereocenters. The lowest BCUT2D eigenvalue weighted by Gasteiger charge is -2.32. The lowest BCUT2D eigenvalue weighted by atomic mass is 9.93. The summed E-state index contributed by atoms with van der Waals surface area (Å²) in [6, 6.07) is 11.1.